The third-order valence-corrected chi connectivity index (χ3v) is 14.8. The van der Waals surface area contributed by atoms with Crippen molar-refractivity contribution >= 4 is 73.1 Å². The number of anilines is 2. The average Bonchev–Trinajstić information content (AvgIpc) is 3.85. The van der Waals surface area contributed by atoms with Crippen molar-refractivity contribution in [2.45, 2.75) is 77.6 Å². The van der Waals surface area contributed by atoms with Crippen LogP contribution in [0.25, 0.3) is 82.8 Å². The van der Waals surface area contributed by atoms with E-state index in [0.29, 0.717) is 0 Å². The van der Waals surface area contributed by atoms with Crippen molar-refractivity contribution in [1.29, 1.82) is 0 Å². The van der Waals surface area contributed by atoms with Crippen LogP contribution in [0.5, 0.6) is 0 Å². The predicted molar refractivity (Wildman–Crippen MR) is 274 cm³/mol. The van der Waals surface area contributed by atoms with Crippen molar-refractivity contribution in [2.75, 3.05) is 5.32 Å². The zero-order valence-corrected chi connectivity index (χ0v) is 38.0. The number of rotatable bonds is 5. The molecule has 64 heavy (non-hydrogen) atoms. The van der Waals surface area contributed by atoms with Gasteiger partial charge in [0.1, 0.15) is 11.3 Å². The molecule has 0 spiro atoms. The van der Waals surface area contributed by atoms with Gasteiger partial charge in [-0.15, -0.1) is 0 Å². The van der Waals surface area contributed by atoms with E-state index in [1.54, 1.807) is 0 Å². The monoisotopic (exact) mass is 828 g/mol. The highest BCUT2D eigenvalue weighted by molar-refractivity contribution is 6.74. The first kappa shape index (κ1) is 38.9. The van der Waals surface area contributed by atoms with Crippen LogP contribution in [0.4, 0.5) is 11.4 Å². The molecule has 0 radical (unpaired) electrons. The molecule has 0 saturated heterocycles. The fourth-order valence-electron chi connectivity index (χ4n) is 11.3. The maximum atomic E-state index is 7.01. The van der Waals surface area contributed by atoms with Gasteiger partial charge >= 0.3 is 0 Å². The Balaban J connectivity index is 1.15. The number of para-hydroxylation sites is 1. The van der Waals surface area contributed by atoms with Gasteiger partial charge in [0, 0.05) is 55.4 Å². The van der Waals surface area contributed by atoms with E-state index in [1.165, 1.54) is 89.9 Å². The van der Waals surface area contributed by atoms with Gasteiger partial charge in [-0.05, 0) is 110 Å². The molecule has 1 aliphatic heterocycles. The number of hydrogen-bond acceptors (Lipinski definition) is 2. The van der Waals surface area contributed by atoms with Gasteiger partial charge in [-0.25, -0.2) is 0 Å². The van der Waals surface area contributed by atoms with Gasteiger partial charge in [0.15, 0.2) is 7.28 Å². The van der Waals surface area contributed by atoms with Gasteiger partial charge in [-0.2, -0.15) is 0 Å². The van der Waals surface area contributed by atoms with Crippen LogP contribution in [0, 0.1) is 0 Å². The molecule has 2 aliphatic rings. The molecule has 0 amide bonds. The molecule has 12 rings (SSSR count). The maximum Gasteiger partial charge on any atom is 0.198 e. The van der Waals surface area contributed by atoms with E-state index in [0.717, 1.165) is 52.1 Å². The number of nitrogens with one attached hydrogen (secondary N) is 1. The lowest BCUT2D eigenvalue weighted by Crippen LogP contribution is -2.37. The SMILES string of the molecule is CC(C)(C)c1cc(-c2ccccc2Nc2ccc3c(c2)C(C)(C)CCC3(C)C)c2c3c1c1c4ccccc4ccc1n3-c1cc3c(-c4ccccc4)c(-c4ccccc4)oc3cc1B2. The van der Waals surface area contributed by atoms with Crippen LogP contribution in [0.3, 0.4) is 0 Å². The molecule has 0 bridgehead atoms. The number of hydrogen-bond donors (Lipinski definition) is 1. The van der Waals surface area contributed by atoms with Crippen molar-refractivity contribution in [3.05, 3.63) is 174 Å². The van der Waals surface area contributed by atoms with Gasteiger partial charge in [0.2, 0.25) is 0 Å². The van der Waals surface area contributed by atoms with Crippen molar-refractivity contribution in [1.82, 2.24) is 4.57 Å². The molecule has 4 heteroatoms. The second kappa shape index (κ2) is 13.9. The minimum atomic E-state index is -0.150. The molecule has 10 aromatic rings. The molecule has 8 aromatic carbocycles. The van der Waals surface area contributed by atoms with Gasteiger partial charge < -0.3 is 14.3 Å². The molecular formula is C60H53BN2O. The average molecular weight is 829 g/mol. The number of benzene rings is 8. The Morgan fingerprint density at radius 1 is 0.609 bits per heavy atom. The van der Waals surface area contributed by atoms with Gasteiger partial charge in [-0.3, -0.25) is 0 Å². The second-order valence-corrected chi connectivity index (χ2v) is 20.8. The summed E-state index contributed by atoms with van der Waals surface area (Å²) in [6.45, 7) is 16.8. The van der Waals surface area contributed by atoms with Crippen molar-refractivity contribution < 1.29 is 4.42 Å². The summed E-state index contributed by atoms with van der Waals surface area (Å²) in [4.78, 5) is 0. The van der Waals surface area contributed by atoms with Gasteiger partial charge in [0.25, 0.3) is 0 Å². The zero-order valence-electron chi connectivity index (χ0n) is 38.0. The second-order valence-electron chi connectivity index (χ2n) is 20.8. The predicted octanol–water partition coefficient (Wildman–Crippen LogP) is 14.8. The summed E-state index contributed by atoms with van der Waals surface area (Å²) < 4.78 is 9.61. The third-order valence-electron chi connectivity index (χ3n) is 14.8. The first-order valence-corrected chi connectivity index (χ1v) is 23.1. The molecular weight excluding hydrogens is 775 g/mol. The Kier molecular flexibility index (Phi) is 8.42. The van der Waals surface area contributed by atoms with Crippen LogP contribution < -0.4 is 16.2 Å². The Morgan fingerprint density at radius 3 is 2.06 bits per heavy atom. The Morgan fingerprint density at radius 2 is 1.30 bits per heavy atom. The normalized spacial score (nSPS) is 15.0. The molecule has 3 nitrogen and oxygen atoms in total. The van der Waals surface area contributed by atoms with Crippen molar-refractivity contribution in [2.24, 2.45) is 0 Å². The maximum absolute atomic E-state index is 7.01. The van der Waals surface area contributed by atoms with Crippen LogP contribution in [0.1, 0.15) is 78.0 Å². The fourth-order valence-corrected chi connectivity index (χ4v) is 11.3. The van der Waals surface area contributed by atoms with E-state index < -0.39 is 0 Å². The Hall–Kier alpha value is -6.78. The van der Waals surface area contributed by atoms with Crippen LogP contribution in [-0.2, 0) is 16.2 Å². The largest absolute Gasteiger partial charge is 0.455 e. The Labute approximate surface area is 377 Å². The molecule has 3 heterocycles. The highest BCUT2D eigenvalue weighted by Gasteiger charge is 2.37. The number of aromatic nitrogens is 1. The van der Waals surface area contributed by atoms with Crippen LogP contribution in [0.2, 0.25) is 0 Å². The quantitative estimate of drug-likeness (QED) is 0.175. The highest BCUT2D eigenvalue weighted by Crippen LogP contribution is 2.49. The molecule has 2 aromatic heterocycles. The van der Waals surface area contributed by atoms with Gasteiger partial charge in [0.05, 0.1) is 5.52 Å². The standard InChI is InChI=1S/C60H53BN2O/c1-58(2,3)46-33-42(41-24-16-17-25-48(41)62-39-27-28-44-45(32-39)60(6,7)31-30-59(44,4)5)55-56-54(46)53-40-23-15-14-18-36(40)26-29-49(53)63(56)50-34-43-51(35-47(50)61-55)64-57(38-21-12-9-13-22-38)52(43)37-19-10-8-11-20-37/h8-29,32-35,61-62H,30-31H2,1-7H3. The molecule has 0 unspecified atom stereocenters. The number of furan rings is 1. The topological polar surface area (TPSA) is 30.1 Å². The van der Waals surface area contributed by atoms with E-state index >= 15 is 0 Å². The minimum Gasteiger partial charge on any atom is -0.455 e. The van der Waals surface area contributed by atoms with Crippen molar-refractivity contribution in [3.8, 4) is 39.3 Å². The van der Waals surface area contributed by atoms with Crippen LogP contribution >= 0.6 is 0 Å². The Bertz CT molecular complexity index is 3530. The minimum absolute atomic E-state index is 0.118. The van der Waals surface area contributed by atoms with Crippen LogP contribution in [-0.4, -0.2) is 11.8 Å². The fraction of sp³-hybridized carbons (Fsp3) is 0.200. The molecule has 0 atom stereocenters. The van der Waals surface area contributed by atoms with E-state index in [-0.39, 0.29) is 16.2 Å². The summed E-state index contributed by atoms with van der Waals surface area (Å²) in [7, 11) is 0.772. The summed E-state index contributed by atoms with van der Waals surface area (Å²) in [6, 6.07) is 58.3. The molecule has 0 fully saturated rings. The summed E-state index contributed by atoms with van der Waals surface area (Å²) in [5.41, 5.74) is 19.8. The zero-order chi connectivity index (χ0) is 43.7. The lowest BCUT2D eigenvalue weighted by molar-refractivity contribution is 0.332. The lowest BCUT2D eigenvalue weighted by Gasteiger charge is -2.42. The highest BCUT2D eigenvalue weighted by atomic mass is 16.3. The summed E-state index contributed by atoms with van der Waals surface area (Å²) >= 11 is 0. The molecule has 1 N–H and O–H groups in total. The lowest BCUT2D eigenvalue weighted by atomic mass is 9.58. The smallest absolute Gasteiger partial charge is 0.198 e. The summed E-state index contributed by atoms with van der Waals surface area (Å²) in [5, 5.41) is 10.3. The van der Waals surface area contributed by atoms with E-state index in [1.807, 2.05) is 0 Å². The summed E-state index contributed by atoms with van der Waals surface area (Å²) in [5.74, 6) is 0.903. The number of nitrogens with zero attached hydrogens (tertiary/aromatic N) is 1. The molecule has 312 valence electrons. The van der Waals surface area contributed by atoms with Crippen molar-refractivity contribution in [3.63, 3.8) is 0 Å². The first-order valence-electron chi connectivity index (χ1n) is 23.1. The molecule has 0 saturated carbocycles. The van der Waals surface area contributed by atoms with Crippen LogP contribution in [0.15, 0.2) is 162 Å². The van der Waals surface area contributed by atoms with E-state index in [4.69, 9.17) is 4.42 Å². The first-order chi connectivity index (χ1) is 30.9. The van der Waals surface area contributed by atoms with Gasteiger partial charge in [-0.1, -0.05) is 175 Å². The van der Waals surface area contributed by atoms with E-state index in [9.17, 15) is 0 Å². The third kappa shape index (κ3) is 5.88. The van der Waals surface area contributed by atoms with E-state index in [2.05, 4.69) is 216 Å². The molecule has 1 aliphatic carbocycles. The number of fused-ring (bicyclic) bond motifs is 9. The summed E-state index contributed by atoms with van der Waals surface area (Å²) in [6.07, 6.45) is 2.38.